The molecule has 0 aliphatic carbocycles. The van der Waals surface area contributed by atoms with Crippen LogP contribution in [0.5, 0.6) is 0 Å². The molecule has 4 rings (SSSR count). The third kappa shape index (κ3) is 5.16. The van der Waals surface area contributed by atoms with E-state index in [0.29, 0.717) is 22.2 Å². The summed E-state index contributed by atoms with van der Waals surface area (Å²) in [6.07, 6.45) is -9.89. The number of anilines is 1. The van der Waals surface area contributed by atoms with Crippen molar-refractivity contribution < 1.29 is 39.6 Å². The van der Waals surface area contributed by atoms with Gasteiger partial charge in [0, 0.05) is 42.9 Å². The quantitative estimate of drug-likeness (QED) is 0.498. The zero-order valence-corrected chi connectivity index (χ0v) is 17.6. The molecule has 1 aliphatic heterocycles. The highest BCUT2D eigenvalue weighted by molar-refractivity contribution is 5.79. The van der Waals surface area contributed by atoms with E-state index in [1.54, 1.807) is 4.90 Å². The highest BCUT2D eigenvalue weighted by atomic mass is 19.4. The molecule has 0 saturated carbocycles. The lowest BCUT2D eigenvalue weighted by molar-refractivity contribution is -0.142. The van der Waals surface area contributed by atoms with Crippen LogP contribution >= 0.6 is 0 Å². The second-order valence-corrected chi connectivity index (χ2v) is 7.91. The molecule has 188 valence electrons. The molecular formula is C21H19F7N6O. The van der Waals surface area contributed by atoms with Gasteiger partial charge in [0.15, 0.2) is 17.0 Å². The van der Waals surface area contributed by atoms with Gasteiger partial charge in [0.25, 0.3) is 0 Å². The third-order valence-corrected chi connectivity index (χ3v) is 5.58. The lowest BCUT2D eigenvalue weighted by Gasteiger charge is -2.43. The molecule has 2 aromatic heterocycles. The summed E-state index contributed by atoms with van der Waals surface area (Å²) in [5, 5.41) is 7.92. The summed E-state index contributed by atoms with van der Waals surface area (Å²) in [5.74, 6) is -2.39. The monoisotopic (exact) mass is 507 g/mol. The number of carbonyl (C=O) groups is 1. The maximum absolute atomic E-state index is 13.5. The molecule has 1 aliphatic rings. The van der Waals surface area contributed by atoms with Crippen molar-refractivity contribution in [3.8, 4) is 0 Å². The molecule has 1 saturated heterocycles. The minimum absolute atomic E-state index is 0.0746. The van der Waals surface area contributed by atoms with E-state index in [4.69, 9.17) is 4.11 Å². The van der Waals surface area contributed by atoms with Gasteiger partial charge in [0.2, 0.25) is 5.91 Å². The molecule has 7 nitrogen and oxygen atoms in total. The molecule has 35 heavy (non-hydrogen) atoms. The average molecular weight is 507 g/mol. The number of hydrogen-bond acceptors (Lipinski definition) is 5. The molecule has 3 aromatic rings. The van der Waals surface area contributed by atoms with Gasteiger partial charge in [-0.25, -0.2) is 9.37 Å². The van der Waals surface area contributed by atoms with E-state index in [-0.39, 0.29) is 19.6 Å². The molecule has 0 bridgehead atoms. The maximum atomic E-state index is 13.5. The van der Waals surface area contributed by atoms with E-state index in [9.17, 15) is 35.5 Å². The summed E-state index contributed by atoms with van der Waals surface area (Å²) < 4.78 is 115. The van der Waals surface area contributed by atoms with Gasteiger partial charge in [0.1, 0.15) is 11.6 Å². The predicted molar refractivity (Wildman–Crippen MR) is 110 cm³/mol. The summed E-state index contributed by atoms with van der Waals surface area (Å²) >= 11 is 0. The van der Waals surface area contributed by atoms with Crippen LogP contribution in [0, 0.1) is 11.7 Å². The molecule has 0 spiro atoms. The molecule has 1 amide bonds. The molecular weight excluding hydrogens is 485 g/mol. The van der Waals surface area contributed by atoms with Crippen molar-refractivity contribution in [2.75, 3.05) is 31.9 Å². The van der Waals surface area contributed by atoms with Crippen molar-refractivity contribution in [3.63, 3.8) is 0 Å². The highest BCUT2D eigenvalue weighted by Crippen LogP contribution is 2.34. The first kappa shape index (κ1) is 20.9. The number of amides is 1. The molecule has 3 heterocycles. The van der Waals surface area contributed by atoms with Gasteiger partial charge >= 0.3 is 12.4 Å². The first-order valence-corrected chi connectivity index (χ1v) is 10.1. The Bertz CT molecular complexity index is 1320. The van der Waals surface area contributed by atoms with Crippen molar-refractivity contribution in [2.24, 2.45) is 5.92 Å². The Morgan fingerprint density at radius 2 is 1.77 bits per heavy atom. The lowest BCUT2D eigenvalue weighted by Crippen LogP contribution is -2.55. The number of fused-ring (bicyclic) bond motifs is 1. The van der Waals surface area contributed by atoms with Crippen molar-refractivity contribution >= 4 is 17.4 Å². The fourth-order valence-electron chi connectivity index (χ4n) is 3.76. The van der Waals surface area contributed by atoms with Gasteiger partial charge in [-0.05, 0) is 17.7 Å². The predicted octanol–water partition coefficient (Wildman–Crippen LogP) is 3.74. The Hall–Kier alpha value is -3.42. The van der Waals surface area contributed by atoms with Crippen LogP contribution in [0.3, 0.4) is 0 Å². The van der Waals surface area contributed by atoms with E-state index in [2.05, 4.69) is 15.4 Å². The number of alkyl halides is 6. The van der Waals surface area contributed by atoms with Gasteiger partial charge in [-0.15, -0.1) is 0 Å². The van der Waals surface area contributed by atoms with E-state index in [0.717, 1.165) is 12.1 Å². The Morgan fingerprint density at radius 1 is 1.11 bits per heavy atom. The zero-order valence-electron chi connectivity index (χ0n) is 20.6. The van der Waals surface area contributed by atoms with Crippen molar-refractivity contribution in [1.82, 2.24) is 24.8 Å². The Balaban J connectivity index is 1.62. The fourth-order valence-corrected chi connectivity index (χ4v) is 3.76. The van der Waals surface area contributed by atoms with Gasteiger partial charge in [-0.1, -0.05) is 12.1 Å². The van der Waals surface area contributed by atoms with Crippen LogP contribution in [0.15, 0.2) is 36.4 Å². The van der Waals surface area contributed by atoms with Gasteiger partial charge in [-0.3, -0.25) is 9.69 Å². The van der Waals surface area contributed by atoms with Crippen LogP contribution < -0.4 is 10.6 Å². The molecule has 1 fully saturated rings. The van der Waals surface area contributed by atoms with Crippen LogP contribution in [-0.4, -0.2) is 52.0 Å². The van der Waals surface area contributed by atoms with Crippen molar-refractivity contribution in [2.45, 2.75) is 18.4 Å². The Labute approximate surface area is 198 Å². The molecule has 1 atom stereocenters. The van der Waals surface area contributed by atoms with Gasteiger partial charge in [-0.2, -0.15) is 36.0 Å². The number of aromatic nitrogens is 3. The number of nitrogens with zero attached hydrogens (tertiary/aromatic N) is 4. The van der Waals surface area contributed by atoms with Crippen LogP contribution in [0.2, 0.25) is 0 Å². The first-order valence-electron chi connectivity index (χ1n) is 11.6. The van der Waals surface area contributed by atoms with Crippen molar-refractivity contribution in [3.05, 3.63) is 59.2 Å². The van der Waals surface area contributed by atoms with Crippen molar-refractivity contribution in [1.29, 1.82) is 0 Å². The Kier molecular flexibility index (Phi) is 5.37. The topological polar surface area (TPSA) is 74.6 Å². The first-order chi connectivity index (χ1) is 17.5. The van der Waals surface area contributed by atoms with E-state index >= 15 is 0 Å². The normalized spacial score (nSPS) is 17.9. The minimum atomic E-state index is -4.96. The number of carbonyl (C=O) groups excluding carboxylic acids is 1. The van der Waals surface area contributed by atoms with Gasteiger partial charge in [0.05, 0.1) is 12.0 Å². The highest BCUT2D eigenvalue weighted by Gasteiger charge is 2.39. The second-order valence-electron chi connectivity index (χ2n) is 7.91. The maximum Gasteiger partial charge on any atom is 0.435 e. The fraction of sp³-hybridized carbons (Fsp3) is 0.381. The number of halogens is 7. The number of likely N-dealkylation sites (tertiary alicyclic amines) is 1. The lowest BCUT2D eigenvalue weighted by atomic mass is 9.93. The standard InChI is InChI=1S/C21H19F7N6O/c1-29-19(35)12-9-33(10-12)14(11-2-4-13(22)5-3-11)8-30-17-6-15(20(23,24)25)31-18-7-16(21(26,27)28)32-34(17)18/h2-7,12,14,30H,8-10H2,1H3,(H,29,35)/i1D3. The van der Waals surface area contributed by atoms with E-state index in [1.165, 1.54) is 12.1 Å². The van der Waals surface area contributed by atoms with Crippen LogP contribution in [0.1, 0.15) is 27.1 Å². The van der Waals surface area contributed by atoms with Crippen LogP contribution in [-0.2, 0) is 17.1 Å². The van der Waals surface area contributed by atoms with E-state index < -0.39 is 65.9 Å². The second kappa shape index (κ2) is 8.98. The number of benzene rings is 1. The molecule has 1 aromatic carbocycles. The summed E-state index contributed by atoms with van der Waals surface area (Å²) in [6, 6.07) is 5.36. The van der Waals surface area contributed by atoms with Crippen LogP contribution in [0.25, 0.3) is 5.65 Å². The molecule has 2 N–H and O–H groups in total. The van der Waals surface area contributed by atoms with Gasteiger partial charge < -0.3 is 10.6 Å². The molecule has 0 radical (unpaired) electrons. The molecule has 14 heteroatoms. The van der Waals surface area contributed by atoms with Crippen LogP contribution in [0.4, 0.5) is 36.6 Å². The van der Waals surface area contributed by atoms with E-state index in [1.807, 2.05) is 5.32 Å². The number of hydrogen-bond donors (Lipinski definition) is 2. The SMILES string of the molecule is [2H]C([2H])([2H])NC(=O)C1CN(C(CNc2cc(C(F)(F)F)nc3cc(C(F)(F)F)nn23)c2ccc(F)cc2)C1. The summed E-state index contributed by atoms with van der Waals surface area (Å²) in [6.45, 7) is -2.72. The summed E-state index contributed by atoms with van der Waals surface area (Å²) in [5.41, 5.74) is -3.07. The third-order valence-electron chi connectivity index (χ3n) is 5.58. The summed E-state index contributed by atoms with van der Waals surface area (Å²) in [7, 11) is 0. The minimum Gasteiger partial charge on any atom is -0.368 e. The average Bonchev–Trinajstić information content (AvgIpc) is 3.19. The smallest absolute Gasteiger partial charge is 0.368 e. The largest absolute Gasteiger partial charge is 0.435 e. The summed E-state index contributed by atoms with van der Waals surface area (Å²) in [4.78, 5) is 17.1. The Morgan fingerprint density at radius 3 is 2.37 bits per heavy atom. The number of rotatable bonds is 6. The molecule has 1 unspecified atom stereocenters. The zero-order chi connectivity index (χ0) is 28.0. The number of nitrogens with one attached hydrogen (secondary N) is 2.